The van der Waals surface area contributed by atoms with Gasteiger partial charge in [-0.15, -0.1) is 0 Å². The molecule has 1 aliphatic heterocycles. The Labute approximate surface area is 186 Å². The van der Waals surface area contributed by atoms with E-state index in [1.807, 2.05) is 49.5 Å². The van der Waals surface area contributed by atoms with Crippen LogP contribution in [0.3, 0.4) is 0 Å². The van der Waals surface area contributed by atoms with Crippen molar-refractivity contribution in [2.75, 3.05) is 24.5 Å². The average molecular weight is 440 g/mol. The van der Waals surface area contributed by atoms with Crippen LogP contribution >= 0.6 is 11.6 Å². The fraction of sp³-hybridized carbons (Fsp3) is 0.364. The van der Waals surface area contributed by atoms with E-state index < -0.39 is 0 Å². The summed E-state index contributed by atoms with van der Waals surface area (Å²) < 4.78 is 5.36. The number of rotatable bonds is 6. The molecule has 0 unspecified atom stereocenters. The third kappa shape index (κ3) is 5.73. The van der Waals surface area contributed by atoms with Gasteiger partial charge in [0.15, 0.2) is 5.96 Å². The number of pyridine rings is 1. The summed E-state index contributed by atoms with van der Waals surface area (Å²) in [5.41, 5.74) is 0.816. The lowest BCUT2D eigenvalue weighted by Gasteiger charge is -2.33. The molecule has 0 amide bonds. The molecule has 0 spiro atoms. The maximum absolute atomic E-state index is 6.04. The Morgan fingerprint density at radius 1 is 1.23 bits per heavy atom. The molecule has 2 N–H and O–H groups in total. The minimum absolute atomic E-state index is 0.301. The van der Waals surface area contributed by atoms with Gasteiger partial charge in [0.05, 0.1) is 0 Å². The monoisotopic (exact) mass is 439 g/mol. The van der Waals surface area contributed by atoms with Crippen LogP contribution < -0.4 is 15.5 Å². The van der Waals surface area contributed by atoms with Crippen molar-refractivity contribution >= 4 is 23.4 Å². The summed E-state index contributed by atoms with van der Waals surface area (Å²) >= 11 is 6.04. The van der Waals surface area contributed by atoms with E-state index in [-0.39, 0.29) is 0 Å². The molecule has 8 nitrogen and oxygen atoms in total. The fourth-order valence-corrected chi connectivity index (χ4v) is 3.71. The van der Waals surface area contributed by atoms with Gasteiger partial charge in [0, 0.05) is 42.5 Å². The Balaban J connectivity index is 1.34. The highest BCUT2D eigenvalue weighted by Gasteiger charge is 2.21. The number of piperidine rings is 1. The molecule has 1 aromatic carbocycles. The zero-order chi connectivity index (χ0) is 21.5. The number of nitrogens with one attached hydrogen (secondary N) is 2. The van der Waals surface area contributed by atoms with E-state index in [2.05, 4.69) is 41.7 Å². The van der Waals surface area contributed by atoms with Crippen LogP contribution in [0.2, 0.25) is 5.02 Å². The van der Waals surface area contributed by atoms with Crippen LogP contribution in [0.15, 0.2) is 58.2 Å². The van der Waals surface area contributed by atoms with Crippen molar-refractivity contribution in [2.45, 2.75) is 32.4 Å². The van der Waals surface area contributed by atoms with Crippen LogP contribution in [0.25, 0.3) is 11.4 Å². The molecule has 3 heterocycles. The van der Waals surface area contributed by atoms with Crippen molar-refractivity contribution in [2.24, 2.45) is 4.99 Å². The predicted octanol–water partition coefficient (Wildman–Crippen LogP) is 3.51. The van der Waals surface area contributed by atoms with E-state index in [1.54, 1.807) is 0 Å². The molecular formula is C22H26ClN7O. The highest BCUT2D eigenvalue weighted by molar-refractivity contribution is 6.30. The number of hydrogen-bond donors (Lipinski definition) is 2. The minimum atomic E-state index is 0.301. The molecule has 0 radical (unpaired) electrons. The lowest BCUT2D eigenvalue weighted by atomic mass is 10.1. The van der Waals surface area contributed by atoms with Crippen molar-refractivity contribution in [1.29, 1.82) is 0 Å². The topological polar surface area (TPSA) is 91.5 Å². The van der Waals surface area contributed by atoms with Crippen molar-refractivity contribution < 1.29 is 4.52 Å². The van der Waals surface area contributed by atoms with Crippen LogP contribution in [0.4, 0.5) is 5.82 Å². The quantitative estimate of drug-likeness (QED) is 0.448. The molecule has 2 aromatic heterocycles. The number of aromatic nitrogens is 3. The third-order valence-corrected chi connectivity index (χ3v) is 5.31. The van der Waals surface area contributed by atoms with Crippen LogP contribution in [-0.4, -0.2) is 46.8 Å². The molecule has 0 atom stereocenters. The van der Waals surface area contributed by atoms with Gasteiger partial charge in [-0.25, -0.2) is 9.98 Å². The molecule has 3 aromatic rings. The zero-order valence-corrected chi connectivity index (χ0v) is 18.2. The fourth-order valence-electron chi connectivity index (χ4n) is 3.52. The van der Waals surface area contributed by atoms with E-state index in [9.17, 15) is 0 Å². The minimum Gasteiger partial charge on any atom is -0.357 e. The Hall–Kier alpha value is -3.13. The zero-order valence-electron chi connectivity index (χ0n) is 17.5. The number of halogens is 1. The SMILES string of the molecule is CCNC(=NCc1nc(-c2cccc(Cl)c2)no1)NC1CCN(c2ccccn2)CC1. The van der Waals surface area contributed by atoms with Crippen molar-refractivity contribution in [3.05, 3.63) is 59.6 Å². The first-order valence-corrected chi connectivity index (χ1v) is 10.9. The first kappa shape index (κ1) is 21.1. The van der Waals surface area contributed by atoms with Gasteiger partial charge in [-0.1, -0.05) is 35.0 Å². The summed E-state index contributed by atoms with van der Waals surface area (Å²) in [5, 5.41) is 11.5. The van der Waals surface area contributed by atoms with Gasteiger partial charge < -0.3 is 20.1 Å². The molecule has 4 rings (SSSR count). The van der Waals surface area contributed by atoms with Crippen molar-refractivity contribution in [1.82, 2.24) is 25.8 Å². The molecule has 0 saturated carbocycles. The lowest BCUT2D eigenvalue weighted by Crippen LogP contribution is -2.48. The largest absolute Gasteiger partial charge is 0.357 e. The molecule has 1 saturated heterocycles. The van der Waals surface area contributed by atoms with Crippen LogP contribution in [0.5, 0.6) is 0 Å². The highest BCUT2D eigenvalue weighted by Crippen LogP contribution is 2.20. The smallest absolute Gasteiger partial charge is 0.248 e. The Morgan fingerprint density at radius 2 is 2.10 bits per heavy atom. The van der Waals surface area contributed by atoms with Gasteiger partial charge in [-0.2, -0.15) is 4.98 Å². The summed E-state index contributed by atoms with van der Waals surface area (Å²) in [4.78, 5) is 15.8. The van der Waals surface area contributed by atoms with Crippen LogP contribution in [-0.2, 0) is 6.54 Å². The van der Waals surface area contributed by atoms with E-state index in [4.69, 9.17) is 16.1 Å². The maximum Gasteiger partial charge on any atom is 0.248 e. The summed E-state index contributed by atoms with van der Waals surface area (Å²) in [6.45, 7) is 5.04. The van der Waals surface area contributed by atoms with E-state index in [0.717, 1.165) is 49.8 Å². The molecule has 0 bridgehead atoms. The molecule has 9 heteroatoms. The molecule has 1 aliphatic rings. The number of aliphatic imine (C=N–C) groups is 1. The normalized spacial score (nSPS) is 15.2. The second kappa shape index (κ2) is 10.3. The molecular weight excluding hydrogens is 414 g/mol. The molecule has 1 fully saturated rings. The third-order valence-electron chi connectivity index (χ3n) is 5.08. The summed E-state index contributed by atoms with van der Waals surface area (Å²) in [6, 6.07) is 13.7. The summed E-state index contributed by atoms with van der Waals surface area (Å²) in [6.07, 6.45) is 3.87. The average Bonchev–Trinajstić information content (AvgIpc) is 3.28. The first-order chi connectivity index (χ1) is 15.2. The van der Waals surface area contributed by atoms with Gasteiger partial charge in [-0.05, 0) is 44.0 Å². The van der Waals surface area contributed by atoms with E-state index in [1.165, 1.54) is 0 Å². The van der Waals surface area contributed by atoms with Gasteiger partial charge in [0.2, 0.25) is 11.7 Å². The van der Waals surface area contributed by atoms with Gasteiger partial charge in [0.1, 0.15) is 12.4 Å². The number of nitrogens with zero attached hydrogens (tertiary/aromatic N) is 5. The summed E-state index contributed by atoms with van der Waals surface area (Å²) in [5.74, 6) is 2.75. The number of hydrogen-bond acceptors (Lipinski definition) is 6. The molecule has 0 aliphatic carbocycles. The van der Waals surface area contributed by atoms with Gasteiger partial charge >= 0.3 is 0 Å². The van der Waals surface area contributed by atoms with Gasteiger partial charge in [0.25, 0.3) is 0 Å². The second-order valence-corrected chi connectivity index (χ2v) is 7.75. The predicted molar refractivity (Wildman–Crippen MR) is 122 cm³/mol. The Kier molecular flexibility index (Phi) is 6.99. The van der Waals surface area contributed by atoms with Crippen LogP contribution in [0, 0.1) is 0 Å². The summed E-state index contributed by atoms with van der Waals surface area (Å²) in [7, 11) is 0. The van der Waals surface area contributed by atoms with E-state index in [0.29, 0.717) is 29.3 Å². The standard InChI is InChI=1S/C22H26ClN7O/c1-2-24-22(27-18-9-12-30(13-10-18)19-8-3-4-11-25-19)26-15-20-28-21(29-31-20)16-6-5-7-17(23)14-16/h3-8,11,14,18H,2,9-10,12-13,15H2,1H3,(H2,24,26,27). The van der Waals surface area contributed by atoms with Crippen LogP contribution in [0.1, 0.15) is 25.7 Å². The number of anilines is 1. The molecule has 31 heavy (non-hydrogen) atoms. The first-order valence-electron chi connectivity index (χ1n) is 10.5. The Bertz CT molecular complexity index is 1000. The number of benzene rings is 1. The number of guanidine groups is 1. The molecule has 162 valence electrons. The second-order valence-electron chi connectivity index (χ2n) is 7.31. The van der Waals surface area contributed by atoms with Crippen molar-refractivity contribution in [3.63, 3.8) is 0 Å². The highest BCUT2D eigenvalue weighted by atomic mass is 35.5. The van der Waals surface area contributed by atoms with Crippen molar-refractivity contribution in [3.8, 4) is 11.4 Å². The van der Waals surface area contributed by atoms with E-state index >= 15 is 0 Å². The maximum atomic E-state index is 6.04. The van der Waals surface area contributed by atoms with Gasteiger partial charge in [-0.3, -0.25) is 0 Å². The lowest BCUT2D eigenvalue weighted by molar-refractivity contribution is 0.380. The Morgan fingerprint density at radius 3 is 2.84 bits per heavy atom.